The second kappa shape index (κ2) is 7.46. The maximum atomic E-state index is 3.68. The van der Waals surface area contributed by atoms with Crippen LogP contribution in [-0.2, 0) is 6.54 Å². The molecule has 1 aliphatic heterocycles. The van der Waals surface area contributed by atoms with Gasteiger partial charge in [-0.15, -0.1) is 0 Å². The van der Waals surface area contributed by atoms with Crippen molar-refractivity contribution in [3.8, 4) is 0 Å². The van der Waals surface area contributed by atoms with Crippen molar-refractivity contribution in [3.05, 3.63) is 47.5 Å². The first-order chi connectivity index (χ1) is 9.24. The lowest BCUT2D eigenvalue weighted by molar-refractivity contribution is 0.214. The minimum Gasteiger partial charge on any atom is -0.310 e. The fourth-order valence-corrected chi connectivity index (χ4v) is 2.49. The van der Waals surface area contributed by atoms with Crippen LogP contribution in [-0.4, -0.2) is 30.6 Å². The van der Waals surface area contributed by atoms with Gasteiger partial charge < -0.3 is 5.32 Å². The monoisotopic (exact) mass is 258 g/mol. The van der Waals surface area contributed by atoms with Crippen LogP contribution in [0, 0.1) is 0 Å². The largest absolute Gasteiger partial charge is 0.310 e. The van der Waals surface area contributed by atoms with Crippen molar-refractivity contribution < 1.29 is 0 Å². The first-order valence-electron chi connectivity index (χ1n) is 7.37. The number of nitrogens with zero attached hydrogens (tertiary/aromatic N) is 1. The van der Waals surface area contributed by atoms with Gasteiger partial charge in [0.2, 0.25) is 0 Å². The van der Waals surface area contributed by atoms with Gasteiger partial charge >= 0.3 is 0 Å². The molecule has 0 aromatic heterocycles. The Morgan fingerprint density at radius 3 is 2.53 bits per heavy atom. The Balaban J connectivity index is 1.68. The van der Waals surface area contributed by atoms with E-state index in [1.54, 1.807) is 0 Å². The highest BCUT2D eigenvalue weighted by molar-refractivity contribution is 5.14. The zero-order valence-electron chi connectivity index (χ0n) is 12.2. The third kappa shape index (κ3) is 5.17. The Morgan fingerprint density at radius 2 is 1.89 bits per heavy atom. The first kappa shape index (κ1) is 14.3. The Bertz CT molecular complexity index is 385. The number of hydrogen-bond donors (Lipinski definition) is 1. The van der Waals surface area contributed by atoms with E-state index in [2.05, 4.69) is 60.5 Å². The summed E-state index contributed by atoms with van der Waals surface area (Å²) >= 11 is 0. The van der Waals surface area contributed by atoms with Gasteiger partial charge in [0.05, 0.1) is 0 Å². The summed E-state index contributed by atoms with van der Waals surface area (Å²) in [6.45, 7) is 8.90. The third-order valence-corrected chi connectivity index (χ3v) is 3.78. The number of rotatable bonds is 5. The fraction of sp³-hybridized carbons (Fsp3) is 0.529. The Kier molecular flexibility index (Phi) is 5.62. The molecule has 1 aliphatic rings. The molecule has 1 fully saturated rings. The average molecular weight is 258 g/mol. The van der Waals surface area contributed by atoms with Crippen molar-refractivity contribution >= 4 is 0 Å². The van der Waals surface area contributed by atoms with Crippen molar-refractivity contribution in [1.82, 2.24) is 10.2 Å². The Labute approximate surface area is 117 Å². The van der Waals surface area contributed by atoms with E-state index in [1.807, 2.05) is 0 Å². The van der Waals surface area contributed by atoms with Crippen LogP contribution < -0.4 is 5.32 Å². The van der Waals surface area contributed by atoms with E-state index >= 15 is 0 Å². The highest BCUT2D eigenvalue weighted by Crippen LogP contribution is 2.11. The Morgan fingerprint density at radius 1 is 1.21 bits per heavy atom. The van der Waals surface area contributed by atoms with Gasteiger partial charge in [0, 0.05) is 19.1 Å². The van der Waals surface area contributed by atoms with Crippen LogP contribution in [0.15, 0.2) is 42.0 Å². The van der Waals surface area contributed by atoms with Gasteiger partial charge in [-0.05, 0) is 45.3 Å². The van der Waals surface area contributed by atoms with Gasteiger partial charge in [-0.2, -0.15) is 0 Å². The van der Waals surface area contributed by atoms with E-state index in [0.29, 0.717) is 6.04 Å². The smallest absolute Gasteiger partial charge is 0.0208 e. The van der Waals surface area contributed by atoms with Crippen molar-refractivity contribution in [2.75, 3.05) is 19.6 Å². The lowest BCUT2D eigenvalue weighted by atomic mass is 10.0. The molecule has 104 valence electrons. The standard InChI is InChI=1S/C17H26N2/c1-15(2)8-11-19-12-9-17(10-13-19)18-14-16-6-4-3-5-7-16/h3-8,17-18H,9-14H2,1-2H3. The van der Waals surface area contributed by atoms with E-state index < -0.39 is 0 Å². The molecule has 1 saturated heterocycles. The van der Waals surface area contributed by atoms with Gasteiger partial charge in [0.15, 0.2) is 0 Å². The maximum Gasteiger partial charge on any atom is 0.0208 e. The summed E-state index contributed by atoms with van der Waals surface area (Å²) < 4.78 is 0. The van der Waals surface area contributed by atoms with Crippen molar-refractivity contribution in [2.24, 2.45) is 0 Å². The number of benzene rings is 1. The molecule has 2 rings (SSSR count). The van der Waals surface area contributed by atoms with Gasteiger partial charge in [-0.3, -0.25) is 4.90 Å². The molecule has 0 bridgehead atoms. The highest BCUT2D eigenvalue weighted by atomic mass is 15.1. The van der Waals surface area contributed by atoms with Crippen LogP contribution in [0.2, 0.25) is 0 Å². The molecule has 1 aromatic rings. The third-order valence-electron chi connectivity index (χ3n) is 3.78. The number of nitrogens with one attached hydrogen (secondary N) is 1. The molecular formula is C17H26N2. The number of hydrogen-bond acceptors (Lipinski definition) is 2. The lowest BCUT2D eigenvalue weighted by Gasteiger charge is -2.31. The summed E-state index contributed by atoms with van der Waals surface area (Å²) in [5.74, 6) is 0. The molecule has 1 aromatic carbocycles. The SMILES string of the molecule is CC(C)=CCN1CCC(NCc2ccccc2)CC1. The molecule has 0 aliphatic carbocycles. The van der Waals surface area contributed by atoms with Crippen LogP contribution in [0.25, 0.3) is 0 Å². The van der Waals surface area contributed by atoms with Crippen LogP contribution >= 0.6 is 0 Å². The minimum atomic E-state index is 0.683. The predicted octanol–water partition coefficient (Wildman–Crippen LogP) is 3.21. The summed E-state index contributed by atoms with van der Waals surface area (Å²) in [5, 5.41) is 3.68. The van der Waals surface area contributed by atoms with Gasteiger partial charge in [0.25, 0.3) is 0 Å². The van der Waals surface area contributed by atoms with Crippen molar-refractivity contribution in [1.29, 1.82) is 0 Å². The average Bonchev–Trinajstić information content (AvgIpc) is 2.45. The number of likely N-dealkylation sites (tertiary alicyclic amines) is 1. The topological polar surface area (TPSA) is 15.3 Å². The quantitative estimate of drug-likeness (QED) is 0.816. The summed E-state index contributed by atoms with van der Waals surface area (Å²) in [7, 11) is 0. The summed E-state index contributed by atoms with van der Waals surface area (Å²) in [6, 6.07) is 11.4. The van der Waals surface area contributed by atoms with Crippen LogP contribution in [0.1, 0.15) is 32.3 Å². The molecule has 2 nitrogen and oxygen atoms in total. The van der Waals surface area contributed by atoms with Crippen molar-refractivity contribution in [3.63, 3.8) is 0 Å². The molecule has 0 saturated carbocycles. The molecule has 2 heteroatoms. The van der Waals surface area contributed by atoms with E-state index in [4.69, 9.17) is 0 Å². The van der Waals surface area contributed by atoms with E-state index in [0.717, 1.165) is 13.1 Å². The molecule has 19 heavy (non-hydrogen) atoms. The molecule has 0 unspecified atom stereocenters. The predicted molar refractivity (Wildman–Crippen MR) is 82.2 cm³/mol. The summed E-state index contributed by atoms with van der Waals surface area (Å²) in [5.41, 5.74) is 2.80. The molecule has 0 radical (unpaired) electrons. The minimum absolute atomic E-state index is 0.683. The molecular weight excluding hydrogens is 232 g/mol. The molecule has 0 amide bonds. The Hall–Kier alpha value is -1.12. The van der Waals surface area contributed by atoms with Crippen molar-refractivity contribution in [2.45, 2.75) is 39.3 Å². The second-order valence-corrected chi connectivity index (χ2v) is 5.72. The van der Waals surface area contributed by atoms with E-state index in [1.165, 1.54) is 37.1 Å². The zero-order valence-corrected chi connectivity index (χ0v) is 12.2. The molecule has 0 spiro atoms. The number of piperidine rings is 1. The van der Waals surface area contributed by atoms with Gasteiger partial charge in [-0.1, -0.05) is 42.0 Å². The van der Waals surface area contributed by atoms with Crippen LogP contribution in [0.5, 0.6) is 0 Å². The highest BCUT2D eigenvalue weighted by Gasteiger charge is 2.17. The molecule has 0 atom stereocenters. The van der Waals surface area contributed by atoms with Crippen LogP contribution in [0.3, 0.4) is 0 Å². The number of allylic oxidation sites excluding steroid dienone is 1. The molecule has 1 heterocycles. The maximum absolute atomic E-state index is 3.68. The fourth-order valence-electron chi connectivity index (χ4n) is 2.49. The molecule has 1 N–H and O–H groups in total. The van der Waals surface area contributed by atoms with E-state index in [9.17, 15) is 0 Å². The van der Waals surface area contributed by atoms with E-state index in [-0.39, 0.29) is 0 Å². The van der Waals surface area contributed by atoms with Gasteiger partial charge in [-0.25, -0.2) is 0 Å². The second-order valence-electron chi connectivity index (χ2n) is 5.72. The first-order valence-corrected chi connectivity index (χ1v) is 7.37. The van der Waals surface area contributed by atoms with Crippen LogP contribution in [0.4, 0.5) is 0 Å². The normalized spacial score (nSPS) is 17.4. The summed E-state index contributed by atoms with van der Waals surface area (Å²) in [4.78, 5) is 2.55. The summed E-state index contributed by atoms with van der Waals surface area (Å²) in [6.07, 6.45) is 4.87. The van der Waals surface area contributed by atoms with Gasteiger partial charge in [0.1, 0.15) is 0 Å². The lowest BCUT2D eigenvalue weighted by Crippen LogP contribution is -2.42. The zero-order chi connectivity index (χ0) is 13.5.